The van der Waals surface area contributed by atoms with Gasteiger partial charge >= 0.3 is 0 Å². The zero-order chi connectivity index (χ0) is 13.4. The van der Waals surface area contributed by atoms with Gasteiger partial charge in [0.15, 0.2) is 0 Å². The fourth-order valence-electron chi connectivity index (χ4n) is 2.95. The summed E-state index contributed by atoms with van der Waals surface area (Å²) in [6.45, 7) is 6.07. The Morgan fingerprint density at radius 2 is 2.37 bits per heavy atom. The van der Waals surface area contributed by atoms with Crippen molar-refractivity contribution in [3.63, 3.8) is 0 Å². The van der Waals surface area contributed by atoms with E-state index in [1.807, 2.05) is 0 Å². The third-order valence-corrected chi connectivity index (χ3v) is 4.33. The molecule has 3 nitrogen and oxygen atoms in total. The molecule has 0 saturated carbocycles. The van der Waals surface area contributed by atoms with Crippen molar-refractivity contribution in [1.82, 2.24) is 9.55 Å². The van der Waals surface area contributed by atoms with Gasteiger partial charge in [0.05, 0.1) is 23.5 Å². The summed E-state index contributed by atoms with van der Waals surface area (Å²) in [7, 11) is 0. The van der Waals surface area contributed by atoms with Gasteiger partial charge in [-0.15, -0.1) is 11.6 Å². The van der Waals surface area contributed by atoms with E-state index in [9.17, 15) is 0 Å². The Bertz CT molecular complexity index is 587. The number of nitrogens with zero attached hydrogens (tertiary/aromatic N) is 2. The van der Waals surface area contributed by atoms with Crippen molar-refractivity contribution in [3.05, 3.63) is 29.6 Å². The molecule has 19 heavy (non-hydrogen) atoms. The van der Waals surface area contributed by atoms with Gasteiger partial charge in [-0.25, -0.2) is 4.98 Å². The zero-order valence-corrected chi connectivity index (χ0v) is 12.2. The Labute approximate surface area is 118 Å². The Morgan fingerprint density at radius 1 is 1.53 bits per heavy atom. The van der Waals surface area contributed by atoms with Crippen LogP contribution in [-0.4, -0.2) is 22.8 Å². The molecule has 0 amide bonds. The van der Waals surface area contributed by atoms with Gasteiger partial charge in [0.25, 0.3) is 0 Å². The van der Waals surface area contributed by atoms with E-state index in [0.717, 1.165) is 31.0 Å². The predicted molar refractivity (Wildman–Crippen MR) is 77.7 cm³/mol. The maximum Gasteiger partial charge on any atom is 0.125 e. The van der Waals surface area contributed by atoms with E-state index in [1.165, 1.54) is 11.1 Å². The summed E-state index contributed by atoms with van der Waals surface area (Å²) in [5.41, 5.74) is 3.48. The van der Waals surface area contributed by atoms with Crippen molar-refractivity contribution in [2.75, 3.05) is 13.2 Å². The summed E-state index contributed by atoms with van der Waals surface area (Å²) in [4.78, 5) is 4.65. The molecule has 0 aliphatic carbocycles. The fourth-order valence-corrected chi connectivity index (χ4v) is 3.13. The lowest BCUT2D eigenvalue weighted by Gasteiger charge is -2.22. The van der Waals surface area contributed by atoms with Gasteiger partial charge in [0, 0.05) is 18.6 Å². The number of imidazole rings is 1. The van der Waals surface area contributed by atoms with Crippen LogP contribution in [0, 0.1) is 12.8 Å². The summed E-state index contributed by atoms with van der Waals surface area (Å²) < 4.78 is 7.82. The van der Waals surface area contributed by atoms with Crippen LogP contribution in [0.15, 0.2) is 18.2 Å². The number of rotatable bonds is 3. The van der Waals surface area contributed by atoms with Gasteiger partial charge in [0.2, 0.25) is 0 Å². The Kier molecular flexibility index (Phi) is 3.50. The first-order chi connectivity index (χ1) is 9.20. The lowest BCUT2D eigenvalue weighted by Crippen LogP contribution is -2.18. The molecule has 0 spiro atoms. The van der Waals surface area contributed by atoms with Crippen LogP contribution in [0.5, 0.6) is 0 Å². The minimum absolute atomic E-state index is 0.378. The zero-order valence-electron chi connectivity index (χ0n) is 11.4. The van der Waals surface area contributed by atoms with E-state index < -0.39 is 0 Å². The monoisotopic (exact) mass is 278 g/mol. The van der Waals surface area contributed by atoms with E-state index in [2.05, 4.69) is 41.6 Å². The normalized spacial score (nSPS) is 21.1. The average molecular weight is 279 g/mol. The van der Waals surface area contributed by atoms with Crippen LogP contribution in [0.4, 0.5) is 0 Å². The Balaban J connectivity index is 2.11. The number of halogens is 1. The Morgan fingerprint density at radius 3 is 3.05 bits per heavy atom. The number of alkyl halides is 1. The third kappa shape index (κ3) is 2.26. The third-order valence-electron chi connectivity index (χ3n) is 4.09. The molecule has 2 unspecified atom stereocenters. The largest absolute Gasteiger partial charge is 0.381 e. The van der Waals surface area contributed by atoms with Crippen LogP contribution >= 0.6 is 11.6 Å². The van der Waals surface area contributed by atoms with Crippen LogP contribution < -0.4 is 0 Å². The van der Waals surface area contributed by atoms with Crippen LogP contribution in [0.3, 0.4) is 0 Å². The molecular formula is C15H19ClN2O. The molecule has 1 aromatic carbocycles. The second-order valence-electron chi connectivity index (χ2n) is 5.39. The number of aryl methyl sites for hydroxylation is 1. The molecule has 1 aliphatic rings. The number of hydrogen-bond acceptors (Lipinski definition) is 2. The van der Waals surface area contributed by atoms with Crippen LogP contribution in [0.1, 0.15) is 30.8 Å². The van der Waals surface area contributed by atoms with E-state index in [4.69, 9.17) is 16.3 Å². The molecular weight excluding hydrogens is 260 g/mol. The van der Waals surface area contributed by atoms with Crippen molar-refractivity contribution in [2.45, 2.75) is 32.2 Å². The quantitative estimate of drug-likeness (QED) is 0.801. The lowest BCUT2D eigenvalue weighted by atomic mass is 10.00. The summed E-state index contributed by atoms with van der Waals surface area (Å²) in [6.07, 6.45) is 1.12. The van der Waals surface area contributed by atoms with Crippen LogP contribution in [0.2, 0.25) is 0 Å². The number of hydrogen-bond donors (Lipinski definition) is 0. The van der Waals surface area contributed by atoms with Gasteiger partial charge in [-0.05, 0) is 38.0 Å². The molecule has 0 bridgehead atoms. The van der Waals surface area contributed by atoms with E-state index in [-0.39, 0.29) is 0 Å². The van der Waals surface area contributed by atoms with Crippen LogP contribution in [0.25, 0.3) is 11.0 Å². The first-order valence-corrected chi connectivity index (χ1v) is 7.35. The number of ether oxygens (including phenoxy) is 1. The van der Waals surface area contributed by atoms with Crippen molar-refractivity contribution in [1.29, 1.82) is 0 Å². The molecule has 2 aromatic rings. The highest BCUT2D eigenvalue weighted by Gasteiger charge is 2.26. The molecule has 1 saturated heterocycles. The van der Waals surface area contributed by atoms with Gasteiger partial charge in [0.1, 0.15) is 5.82 Å². The van der Waals surface area contributed by atoms with Crippen LogP contribution in [-0.2, 0) is 10.6 Å². The van der Waals surface area contributed by atoms with Gasteiger partial charge in [-0.3, -0.25) is 0 Å². The standard InChI is InChI=1S/C15H19ClN2O/c1-10-3-4-13-14(7-10)18(15(8-16)17-13)11(2)12-5-6-19-9-12/h3-4,7,11-12H,5-6,8-9H2,1-2H3. The summed E-state index contributed by atoms with van der Waals surface area (Å²) in [6, 6.07) is 6.75. The van der Waals surface area contributed by atoms with Crippen molar-refractivity contribution in [3.8, 4) is 0 Å². The second-order valence-corrected chi connectivity index (χ2v) is 5.66. The van der Waals surface area contributed by atoms with E-state index >= 15 is 0 Å². The number of benzene rings is 1. The smallest absolute Gasteiger partial charge is 0.125 e. The molecule has 0 N–H and O–H groups in total. The highest BCUT2D eigenvalue weighted by molar-refractivity contribution is 6.16. The molecule has 1 aliphatic heterocycles. The summed E-state index contributed by atoms with van der Waals surface area (Å²) in [5, 5.41) is 0. The molecule has 2 heterocycles. The number of aromatic nitrogens is 2. The summed E-state index contributed by atoms with van der Waals surface area (Å²) in [5.74, 6) is 1.97. The average Bonchev–Trinajstić information content (AvgIpc) is 3.04. The summed E-state index contributed by atoms with van der Waals surface area (Å²) >= 11 is 6.08. The Hall–Kier alpha value is -1.06. The SMILES string of the molecule is Cc1ccc2nc(CCl)n(C(C)C3CCOC3)c2c1. The molecule has 3 rings (SSSR count). The van der Waals surface area contributed by atoms with E-state index in [0.29, 0.717) is 17.8 Å². The fraction of sp³-hybridized carbons (Fsp3) is 0.533. The molecule has 2 atom stereocenters. The lowest BCUT2D eigenvalue weighted by molar-refractivity contribution is 0.175. The minimum Gasteiger partial charge on any atom is -0.381 e. The number of fused-ring (bicyclic) bond motifs is 1. The maximum atomic E-state index is 6.08. The maximum absolute atomic E-state index is 6.08. The van der Waals surface area contributed by atoms with Crippen molar-refractivity contribution in [2.24, 2.45) is 5.92 Å². The molecule has 102 valence electrons. The van der Waals surface area contributed by atoms with Crippen molar-refractivity contribution < 1.29 is 4.74 Å². The topological polar surface area (TPSA) is 27.1 Å². The van der Waals surface area contributed by atoms with E-state index in [1.54, 1.807) is 0 Å². The second kappa shape index (κ2) is 5.14. The van der Waals surface area contributed by atoms with Gasteiger partial charge in [-0.2, -0.15) is 0 Å². The van der Waals surface area contributed by atoms with Gasteiger partial charge in [-0.1, -0.05) is 6.07 Å². The predicted octanol–water partition coefficient (Wildman–Crippen LogP) is 3.68. The molecule has 0 radical (unpaired) electrons. The first-order valence-electron chi connectivity index (χ1n) is 6.82. The highest BCUT2D eigenvalue weighted by Crippen LogP contribution is 2.31. The first kappa shape index (κ1) is 12.9. The highest BCUT2D eigenvalue weighted by atomic mass is 35.5. The molecule has 1 fully saturated rings. The molecule has 1 aromatic heterocycles. The van der Waals surface area contributed by atoms with Gasteiger partial charge < -0.3 is 9.30 Å². The minimum atomic E-state index is 0.378. The van der Waals surface area contributed by atoms with Crippen molar-refractivity contribution >= 4 is 22.6 Å². The molecule has 4 heteroatoms.